The molecule has 0 amide bonds. The minimum absolute atomic E-state index is 0.505. The van der Waals surface area contributed by atoms with Crippen LogP contribution in [0.3, 0.4) is 0 Å². The number of hydrogen-bond acceptors (Lipinski definition) is 6. The maximum absolute atomic E-state index is 5.81. The quantitative estimate of drug-likeness (QED) is 0.505. The van der Waals surface area contributed by atoms with Crippen LogP contribution in [-0.2, 0) is 0 Å². The molecule has 0 aliphatic rings. The molecule has 1 aromatic carbocycles. The van der Waals surface area contributed by atoms with Crippen molar-refractivity contribution in [3.8, 4) is 17.2 Å². The Morgan fingerprint density at radius 1 is 1.09 bits per heavy atom. The molecule has 0 radical (unpaired) electrons. The number of ether oxygens (including phenoxy) is 1. The summed E-state index contributed by atoms with van der Waals surface area (Å²) in [5, 5.41) is 8.63. The summed E-state index contributed by atoms with van der Waals surface area (Å²) in [5.41, 5.74) is 3.20. The largest absolute Gasteiger partial charge is 0.492 e. The van der Waals surface area contributed by atoms with Crippen molar-refractivity contribution >= 4 is 11.8 Å². The second kappa shape index (κ2) is 7.28. The van der Waals surface area contributed by atoms with E-state index < -0.39 is 0 Å². The van der Waals surface area contributed by atoms with E-state index in [0.717, 1.165) is 22.6 Å². The van der Waals surface area contributed by atoms with Gasteiger partial charge in [0.1, 0.15) is 5.75 Å². The number of nitrogens with zero attached hydrogens (tertiary/aromatic N) is 3. The molecule has 3 rings (SSSR count). The van der Waals surface area contributed by atoms with Crippen molar-refractivity contribution < 1.29 is 9.15 Å². The summed E-state index contributed by atoms with van der Waals surface area (Å²) in [5.74, 6) is 2.17. The molecule has 23 heavy (non-hydrogen) atoms. The molecule has 0 atom stereocenters. The molecule has 2 aromatic heterocycles. The summed E-state index contributed by atoms with van der Waals surface area (Å²) in [6.07, 6.45) is 3.40. The van der Waals surface area contributed by atoms with Crippen LogP contribution in [0.4, 0.5) is 0 Å². The van der Waals surface area contributed by atoms with Gasteiger partial charge in [0.25, 0.3) is 5.22 Å². The van der Waals surface area contributed by atoms with Crippen LogP contribution < -0.4 is 4.74 Å². The Morgan fingerprint density at radius 2 is 1.91 bits per heavy atom. The fraction of sp³-hybridized carbons (Fsp3) is 0.235. The Morgan fingerprint density at radius 3 is 2.74 bits per heavy atom. The van der Waals surface area contributed by atoms with E-state index >= 15 is 0 Å². The van der Waals surface area contributed by atoms with Crippen molar-refractivity contribution in [2.24, 2.45) is 0 Å². The average molecular weight is 327 g/mol. The zero-order chi connectivity index (χ0) is 16.1. The van der Waals surface area contributed by atoms with E-state index in [4.69, 9.17) is 9.15 Å². The molecule has 5 nitrogen and oxygen atoms in total. The summed E-state index contributed by atoms with van der Waals surface area (Å²) in [6.45, 7) is 4.68. The minimum Gasteiger partial charge on any atom is -0.492 e. The van der Waals surface area contributed by atoms with Gasteiger partial charge in [0.2, 0.25) is 5.89 Å². The third kappa shape index (κ3) is 4.10. The Labute approximate surface area is 139 Å². The summed E-state index contributed by atoms with van der Waals surface area (Å²) >= 11 is 1.48. The second-order valence-electron chi connectivity index (χ2n) is 5.07. The fourth-order valence-electron chi connectivity index (χ4n) is 2.02. The maximum Gasteiger partial charge on any atom is 0.276 e. The summed E-state index contributed by atoms with van der Waals surface area (Å²) in [6, 6.07) is 9.87. The number of thioether (sulfide) groups is 1. The number of rotatable bonds is 6. The molecule has 0 unspecified atom stereocenters. The standard InChI is InChI=1S/C17H17N3O2S/c1-12-3-4-13(2)15(11-12)21-9-10-23-17-20-19-16(22-17)14-5-7-18-8-6-14/h3-8,11H,9-10H2,1-2H3. The van der Waals surface area contributed by atoms with Gasteiger partial charge in [-0.15, -0.1) is 10.2 Å². The molecular formula is C17H17N3O2S. The Bertz CT molecular complexity index is 775. The monoisotopic (exact) mass is 327 g/mol. The van der Waals surface area contributed by atoms with Crippen LogP contribution in [0.15, 0.2) is 52.4 Å². The third-order valence-corrected chi connectivity index (χ3v) is 4.03. The van der Waals surface area contributed by atoms with Crippen molar-refractivity contribution in [3.05, 3.63) is 53.9 Å². The summed E-state index contributed by atoms with van der Waals surface area (Å²) < 4.78 is 11.4. The predicted molar refractivity (Wildman–Crippen MR) is 89.7 cm³/mol. The first-order chi connectivity index (χ1) is 11.2. The van der Waals surface area contributed by atoms with Crippen LogP contribution in [0.25, 0.3) is 11.5 Å². The van der Waals surface area contributed by atoms with Crippen molar-refractivity contribution in [2.45, 2.75) is 19.1 Å². The molecule has 2 heterocycles. The van der Waals surface area contributed by atoms with E-state index in [1.54, 1.807) is 12.4 Å². The van der Waals surface area contributed by atoms with E-state index in [9.17, 15) is 0 Å². The fourth-order valence-corrected chi connectivity index (χ4v) is 2.60. The molecule has 0 saturated heterocycles. The molecule has 0 bridgehead atoms. The van der Waals surface area contributed by atoms with Crippen molar-refractivity contribution in [1.29, 1.82) is 0 Å². The van der Waals surface area contributed by atoms with Crippen molar-refractivity contribution in [3.63, 3.8) is 0 Å². The topological polar surface area (TPSA) is 61.0 Å². The molecule has 0 fully saturated rings. The highest BCUT2D eigenvalue weighted by Gasteiger charge is 2.09. The lowest BCUT2D eigenvalue weighted by atomic mass is 10.1. The molecule has 0 aliphatic carbocycles. The van der Waals surface area contributed by atoms with Gasteiger partial charge in [-0.1, -0.05) is 23.9 Å². The van der Waals surface area contributed by atoms with Crippen LogP contribution in [-0.4, -0.2) is 27.5 Å². The van der Waals surface area contributed by atoms with Crippen LogP contribution in [0, 0.1) is 13.8 Å². The van der Waals surface area contributed by atoms with E-state index in [0.29, 0.717) is 17.7 Å². The lowest BCUT2D eigenvalue weighted by Gasteiger charge is -2.08. The smallest absolute Gasteiger partial charge is 0.276 e. The number of pyridine rings is 1. The van der Waals surface area contributed by atoms with Crippen molar-refractivity contribution in [2.75, 3.05) is 12.4 Å². The lowest BCUT2D eigenvalue weighted by Crippen LogP contribution is -2.01. The molecule has 0 N–H and O–H groups in total. The Balaban J connectivity index is 1.52. The molecular weight excluding hydrogens is 310 g/mol. The van der Waals surface area contributed by atoms with Crippen LogP contribution in [0.1, 0.15) is 11.1 Å². The van der Waals surface area contributed by atoms with Gasteiger partial charge in [0.05, 0.1) is 6.61 Å². The molecule has 3 aromatic rings. The van der Waals surface area contributed by atoms with Gasteiger partial charge in [-0.25, -0.2) is 0 Å². The Kier molecular flexibility index (Phi) is 4.92. The highest BCUT2D eigenvalue weighted by atomic mass is 32.2. The number of benzene rings is 1. The average Bonchev–Trinajstić information content (AvgIpc) is 3.04. The predicted octanol–water partition coefficient (Wildman–Crippen LogP) is 3.92. The van der Waals surface area contributed by atoms with E-state index in [1.165, 1.54) is 17.3 Å². The maximum atomic E-state index is 5.81. The first kappa shape index (κ1) is 15.6. The summed E-state index contributed by atoms with van der Waals surface area (Å²) in [7, 11) is 0. The SMILES string of the molecule is Cc1ccc(C)c(OCCSc2nnc(-c3ccncc3)o2)c1. The van der Waals surface area contributed by atoms with Crippen LogP contribution in [0.5, 0.6) is 5.75 Å². The third-order valence-electron chi connectivity index (χ3n) is 3.24. The van der Waals surface area contributed by atoms with Gasteiger partial charge in [-0.3, -0.25) is 4.98 Å². The zero-order valence-corrected chi connectivity index (χ0v) is 13.8. The van der Waals surface area contributed by atoms with Crippen LogP contribution >= 0.6 is 11.8 Å². The first-order valence-electron chi connectivity index (χ1n) is 7.29. The normalized spacial score (nSPS) is 10.7. The van der Waals surface area contributed by atoms with E-state index in [2.05, 4.69) is 34.2 Å². The van der Waals surface area contributed by atoms with Gasteiger partial charge in [0, 0.05) is 23.7 Å². The molecule has 118 valence electrons. The van der Waals surface area contributed by atoms with Gasteiger partial charge in [-0.05, 0) is 43.2 Å². The van der Waals surface area contributed by atoms with Gasteiger partial charge < -0.3 is 9.15 Å². The number of aromatic nitrogens is 3. The first-order valence-corrected chi connectivity index (χ1v) is 8.28. The van der Waals surface area contributed by atoms with E-state index in [1.807, 2.05) is 25.1 Å². The molecule has 0 aliphatic heterocycles. The van der Waals surface area contributed by atoms with E-state index in [-0.39, 0.29) is 0 Å². The lowest BCUT2D eigenvalue weighted by molar-refractivity contribution is 0.340. The summed E-state index contributed by atoms with van der Waals surface area (Å²) in [4.78, 5) is 3.97. The van der Waals surface area contributed by atoms with Gasteiger partial charge in [0.15, 0.2) is 0 Å². The van der Waals surface area contributed by atoms with Crippen molar-refractivity contribution in [1.82, 2.24) is 15.2 Å². The molecule has 0 saturated carbocycles. The second-order valence-corrected chi connectivity index (χ2v) is 6.12. The number of aryl methyl sites for hydroxylation is 2. The minimum atomic E-state index is 0.505. The van der Waals surface area contributed by atoms with Crippen LogP contribution in [0.2, 0.25) is 0 Å². The zero-order valence-electron chi connectivity index (χ0n) is 13.0. The van der Waals surface area contributed by atoms with Gasteiger partial charge in [-0.2, -0.15) is 0 Å². The molecule has 6 heteroatoms. The highest BCUT2D eigenvalue weighted by molar-refractivity contribution is 7.99. The molecule has 0 spiro atoms. The highest BCUT2D eigenvalue weighted by Crippen LogP contribution is 2.23. The number of hydrogen-bond donors (Lipinski definition) is 0. The van der Waals surface area contributed by atoms with Gasteiger partial charge >= 0.3 is 0 Å². The Hall–Kier alpha value is -2.34.